The van der Waals surface area contributed by atoms with E-state index in [1.165, 1.54) is 24.2 Å². The first-order valence-electron chi connectivity index (χ1n) is 6.53. The largest absolute Gasteiger partial charge is 0.370 e. The van der Waals surface area contributed by atoms with Crippen molar-refractivity contribution in [1.82, 2.24) is 15.0 Å². The summed E-state index contributed by atoms with van der Waals surface area (Å²) in [6.07, 6.45) is 5.31. The van der Waals surface area contributed by atoms with Gasteiger partial charge in [0.25, 0.3) is 0 Å². The number of nitrogens with one attached hydrogen (secondary N) is 2. The van der Waals surface area contributed by atoms with Crippen molar-refractivity contribution in [2.24, 2.45) is 16.5 Å². The van der Waals surface area contributed by atoms with Crippen LogP contribution in [0, 0.1) is 0 Å². The molecule has 0 bridgehead atoms. The lowest BCUT2D eigenvalue weighted by Crippen LogP contribution is -2.21. The number of imidazole rings is 1. The van der Waals surface area contributed by atoms with Crippen LogP contribution in [0.2, 0.25) is 0 Å². The van der Waals surface area contributed by atoms with E-state index in [4.69, 9.17) is 11.5 Å². The molecule has 20 heavy (non-hydrogen) atoms. The highest BCUT2D eigenvalue weighted by atomic mass is 32.1. The maximum absolute atomic E-state index is 5.32. The molecule has 0 atom stereocenters. The summed E-state index contributed by atoms with van der Waals surface area (Å²) in [6.45, 7) is 3.10. The Kier molecular flexibility index (Phi) is 4.94. The Bertz CT molecular complexity index is 568. The highest BCUT2D eigenvalue weighted by Gasteiger charge is 2.07. The quantitative estimate of drug-likeness (QED) is 0.354. The number of anilines is 1. The van der Waals surface area contributed by atoms with Crippen molar-refractivity contribution >= 4 is 28.4 Å². The number of aromatic nitrogens is 3. The Morgan fingerprint density at radius 2 is 2.30 bits per heavy atom. The first-order valence-corrected chi connectivity index (χ1v) is 7.41. The predicted molar refractivity (Wildman–Crippen MR) is 83.2 cm³/mol. The van der Waals surface area contributed by atoms with E-state index < -0.39 is 0 Å². The van der Waals surface area contributed by atoms with Crippen molar-refractivity contribution in [2.75, 3.05) is 11.9 Å². The van der Waals surface area contributed by atoms with Gasteiger partial charge in [0.05, 0.1) is 11.9 Å². The highest BCUT2D eigenvalue weighted by Crippen LogP contribution is 2.25. The van der Waals surface area contributed by atoms with Crippen LogP contribution in [0.3, 0.4) is 0 Å². The van der Waals surface area contributed by atoms with Gasteiger partial charge < -0.3 is 21.8 Å². The number of guanidine groups is 1. The molecule has 0 aliphatic rings. The molecular weight excluding hydrogens is 274 g/mol. The molecule has 0 amide bonds. The molecule has 108 valence electrons. The maximum atomic E-state index is 5.32. The van der Waals surface area contributed by atoms with Gasteiger partial charge in [-0.3, -0.25) is 0 Å². The molecule has 0 aliphatic heterocycles. The van der Waals surface area contributed by atoms with Crippen LogP contribution in [0.1, 0.15) is 26.2 Å². The van der Waals surface area contributed by atoms with Crippen molar-refractivity contribution in [2.45, 2.75) is 26.2 Å². The number of rotatable bonds is 7. The summed E-state index contributed by atoms with van der Waals surface area (Å²) in [4.78, 5) is 15.7. The number of hydrogen-bond acceptors (Lipinski definition) is 5. The van der Waals surface area contributed by atoms with E-state index in [0.29, 0.717) is 5.13 Å². The highest BCUT2D eigenvalue weighted by molar-refractivity contribution is 7.13. The molecule has 2 aromatic rings. The minimum Gasteiger partial charge on any atom is -0.370 e. The van der Waals surface area contributed by atoms with Crippen molar-refractivity contribution in [3.05, 3.63) is 11.6 Å². The summed E-state index contributed by atoms with van der Waals surface area (Å²) in [6, 6.07) is 0. The number of hydrogen-bond donors (Lipinski definition) is 4. The van der Waals surface area contributed by atoms with E-state index in [9.17, 15) is 0 Å². The first kappa shape index (κ1) is 14.3. The molecule has 2 aromatic heterocycles. The van der Waals surface area contributed by atoms with Crippen molar-refractivity contribution < 1.29 is 0 Å². The number of aromatic amines is 1. The van der Waals surface area contributed by atoms with E-state index in [2.05, 4.69) is 32.2 Å². The first-order chi connectivity index (χ1) is 9.69. The van der Waals surface area contributed by atoms with Gasteiger partial charge in [0.2, 0.25) is 11.1 Å². The zero-order valence-corrected chi connectivity index (χ0v) is 12.2. The molecule has 6 N–H and O–H groups in total. The molecule has 0 spiro atoms. The lowest BCUT2D eigenvalue weighted by Gasteiger charge is -2.00. The summed E-state index contributed by atoms with van der Waals surface area (Å²) >= 11 is 1.38. The van der Waals surface area contributed by atoms with Crippen molar-refractivity contribution in [3.63, 3.8) is 0 Å². The zero-order chi connectivity index (χ0) is 14.4. The lowest BCUT2D eigenvalue weighted by atomic mass is 10.2. The van der Waals surface area contributed by atoms with Crippen LogP contribution >= 0.6 is 11.3 Å². The molecular formula is C12H19N7S. The van der Waals surface area contributed by atoms with Gasteiger partial charge in [0.1, 0.15) is 5.69 Å². The molecule has 2 rings (SSSR count). The summed E-state index contributed by atoms with van der Waals surface area (Å²) in [5.74, 6) is 0.765. The molecule has 0 saturated heterocycles. The second kappa shape index (κ2) is 6.90. The van der Waals surface area contributed by atoms with Crippen LogP contribution in [-0.4, -0.2) is 27.5 Å². The van der Waals surface area contributed by atoms with Gasteiger partial charge in [-0.05, 0) is 6.42 Å². The third kappa shape index (κ3) is 3.95. The van der Waals surface area contributed by atoms with E-state index >= 15 is 0 Å². The summed E-state index contributed by atoms with van der Waals surface area (Å²) < 4.78 is 0. The van der Waals surface area contributed by atoms with Crippen LogP contribution in [0.15, 0.2) is 16.6 Å². The number of aliphatic imine (C=N–C) groups is 1. The van der Waals surface area contributed by atoms with Gasteiger partial charge in [0.15, 0.2) is 5.96 Å². The molecule has 0 fully saturated rings. The molecule has 7 nitrogen and oxygen atoms in total. The lowest BCUT2D eigenvalue weighted by molar-refractivity contribution is 0.741. The van der Waals surface area contributed by atoms with E-state index in [-0.39, 0.29) is 5.96 Å². The maximum Gasteiger partial charge on any atom is 0.212 e. The average Bonchev–Trinajstić information content (AvgIpc) is 3.03. The summed E-state index contributed by atoms with van der Waals surface area (Å²) in [5, 5.41) is 5.67. The number of H-pyrrole nitrogens is 1. The fourth-order valence-electron chi connectivity index (χ4n) is 1.67. The SMILES string of the molecule is CCCCCNc1ncc(-c2csc(N=C(N)N)n2)[nH]1. The van der Waals surface area contributed by atoms with E-state index in [1.807, 2.05) is 5.38 Å². The molecule has 0 saturated carbocycles. The molecule has 0 radical (unpaired) electrons. The van der Waals surface area contributed by atoms with Crippen LogP contribution < -0.4 is 16.8 Å². The normalized spacial score (nSPS) is 10.4. The van der Waals surface area contributed by atoms with Gasteiger partial charge >= 0.3 is 0 Å². The Balaban J connectivity index is 1.98. The van der Waals surface area contributed by atoms with Crippen molar-refractivity contribution in [1.29, 1.82) is 0 Å². The van der Waals surface area contributed by atoms with E-state index in [0.717, 1.165) is 30.3 Å². The molecule has 0 aromatic carbocycles. The molecule has 0 unspecified atom stereocenters. The van der Waals surface area contributed by atoms with Crippen molar-refractivity contribution in [3.8, 4) is 11.4 Å². The van der Waals surface area contributed by atoms with Gasteiger partial charge in [-0.25, -0.2) is 9.97 Å². The topological polar surface area (TPSA) is 118 Å². The Morgan fingerprint density at radius 3 is 3.05 bits per heavy atom. The predicted octanol–water partition coefficient (Wildman–Crippen LogP) is 2.04. The minimum absolute atomic E-state index is 0.00814. The van der Waals surface area contributed by atoms with E-state index in [1.54, 1.807) is 6.20 Å². The summed E-state index contributed by atoms with van der Waals surface area (Å²) in [7, 11) is 0. The van der Waals surface area contributed by atoms with Gasteiger partial charge in [-0.2, -0.15) is 4.99 Å². The monoisotopic (exact) mass is 293 g/mol. The fraction of sp³-hybridized carbons (Fsp3) is 0.417. The second-order valence-electron chi connectivity index (χ2n) is 4.33. The smallest absolute Gasteiger partial charge is 0.212 e. The number of unbranched alkanes of at least 4 members (excludes halogenated alkanes) is 2. The minimum atomic E-state index is 0.00814. The zero-order valence-electron chi connectivity index (χ0n) is 11.4. The van der Waals surface area contributed by atoms with Crippen LogP contribution in [0.25, 0.3) is 11.4 Å². The van der Waals surface area contributed by atoms with Crippen LogP contribution in [0.4, 0.5) is 11.1 Å². The Labute approximate surface area is 121 Å². The Hall–Kier alpha value is -2.09. The van der Waals surface area contributed by atoms with Gasteiger partial charge in [0, 0.05) is 11.9 Å². The molecule has 8 heteroatoms. The standard InChI is InChI=1S/C12H19N7S/c1-2-3-4-5-15-11-16-6-8(17-11)9-7-20-12(18-9)19-10(13)14/h6-7H,2-5H2,1H3,(H2,15,16,17)(H4,13,14,18,19). The third-order valence-electron chi connectivity index (χ3n) is 2.64. The number of nitrogens with two attached hydrogens (primary N) is 2. The third-order valence-corrected chi connectivity index (χ3v) is 3.38. The average molecular weight is 293 g/mol. The van der Waals surface area contributed by atoms with Gasteiger partial charge in [-0.15, -0.1) is 11.3 Å². The van der Waals surface area contributed by atoms with Gasteiger partial charge in [-0.1, -0.05) is 19.8 Å². The fourth-order valence-corrected chi connectivity index (χ4v) is 2.38. The Morgan fingerprint density at radius 1 is 1.45 bits per heavy atom. The number of thiazole rings is 1. The van der Waals surface area contributed by atoms with Crippen LogP contribution in [0.5, 0.6) is 0 Å². The second-order valence-corrected chi connectivity index (χ2v) is 5.17. The molecule has 0 aliphatic carbocycles. The number of nitrogens with zero attached hydrogens (tertiary/aromatic N) is 3. The summed E-state index contributed by atoms with van der Waals surface area (Å²) in [5.41, 5.74) is 12.3. The molecule has 2 heterocycles. The van der Waals surface area contributed by atoms with Crippen LogP contribution in [-0.2, 0) is 0 Å².